The molecule has 1 aliphatic rings. The van der Waals surface area contributed by atoms with Crippen molar-refractivity contribution in [3.8, 4) is 0 Å². The van der Waals surface area contributed by atoms with Crippen molar-refractivity contribution in [1.29, 1.82) is 0 Å². The molecule has 0 aromatic carbocycles. The number of aromatic nitrogens is 2. The van der Waals surface area contributed by atoms with Crippen LogP contribution in [0.3, 0.4) is 0 Å². The maximum Gasteiger partial charge on any atom is 0.255 e. The molecule has 0 unspecified atom stereocenters. The highest BCUT2D eigenvalue weighted by molar-refractivity contribution is 7.89. The topological polar surface area (TPSA) is 102 Å². The third-order valence-electron chi connectivity index (χ3n) is 6.01. The van der Waals surface area contributed by atoms with Crippen molar-refractivity contribution in [1.82, 2.24) is 18.9 Å². The van der Waals surface area contributed by atoms with Gasteiger partial charge in [0, 0.05) is 37.6 Å². The summed E-state index contributed by atoms with van der Waals surface area (Å²) in [5.74, 6) is 1.02. The lowest BCUT2D eigenvalue weighted by atomic mass is 10.2. The lowest BCUT2D eigenvalue weighted by Crippen LogP contribution is -2.37. The van der Waals surface area contributed by atoms with Gasteiger partial charge in [0.25, 0.3) is 5.91 Å². The number of nitrogens with zero attached hydrogens (tertiary/aromatic N) is 4. The van der Waals surface area contributed by atoms with Crippen LogP contribution in [0.25, 0.3) is 0 Å². The Morgan fingerprint density at radius 3 is 2.56 bits per heavy atom. The van der Waals surface area contributed by atoms with Crippen LogP contribution in [-0.4, -0.2) is 59.4 Å². The molecule has 0 aliphatic carbocycles. The summed E-state index contributed by atoms with van der Waals surface area (Å²) in [5.41, 5.74) is 2.83. The predicted octanol–water partition coefficient (Wildman–Crippen LogP) is 2.89. The SMILES string of the molecule is Cc1noc(C)c1S(=O)(=O)N1CCCN(C(=O)c2cc(C)n(Cc3ccco3)c2C)CC1. The maximum absolute atomic E-state index is 13.3. The van der Waals surface area contributed by atoms with Crippen LogP contribution in [0.4, 0.5) is 0 Å². The van der Waals surface area contributed by atoms with Crippen LogP contribution >= 0.6 is 0 Å². The van der Waals surface area contributed by atoms with Gasteiger partial charge in [-0.25, -0.2) is 8.42 Å². The summed E-state index contributed by atoms with van der Waals surface area (Å²) in [7, 11) is -3.73. The number of hydrogen-bond donors (Lipinski definition) is 0. The number of aryl methyl sites for hydroxylation is 3. The third-order valence-corrected chi connectivity index (χ3v) is 8.15. The van der Waals surface area contributed by atoms with Crippen molar-refractivity contribution < 1.29 is 22.2 Å². The van der Waals surface area contributed by atoms with E-state index in [0.29, 0.717) is 43.9 Å². The molecule has 4 rings (SSSR count). The first-order valence-electron chi connectivity index (χ1n) is 10.6. The van der Waals surface area contributed by atoms with Crippen LogP contribution < -0.4 is 0 Å². The molecule has 4 heterocycles. The fourth-order valence-corrected chi connectivity index (χ4v) is 6.06. The van der Waals surface area contributed by atoms with Gasteiger partial charge in [0.15, 0.2) is 5.76 Å². The summed E-state index contributed by atoms with van der Waals surface area (Å²) in [6.07, 6.45) is 2.19. The van der Waals surface area contributed by atoms with Gasteiger partial charge in [-0.15, -0.1) is 0 Å². The Kier molecular flexibility index (Phi) is 6.00. The normalized spacial score (nSPS) is 15.8. The predicted molar refractivity (Wildman–Crippen MR) is 117 cm³/mol. The Labute approximate surface area is 187 Å². The first kappa shape index (κ1) is 22.3. The molecule has 32 heavy (non-hydrogen) atoms. The van der Waals surface area contributed by atoms with Crippen molar-refractivity contribution in [2.45, 2.75) is 45.6 Å². The minimum atomic E-state index is -3.73. The van der Waals surface area contributed by atoms with Crippen molar-refractivity contribution in [2.75, 3.05) is 26.2 Å². The fraction of sp³-hybridized carbons (Fsp3) is 0.455. The van der Waals surface area contributed by atoms with E-state index >= 15 is 0 Å². The van der Waals surface area contributed by atoms with Gasteiger partial charge in [-0.1, -0.05) is 5.16 Å². The molecule has 1 fully saturated rings. The molecule has 3 aromatic heterocycles. The Morgan fingerprint density at radius 2 is 1.91 bits per heavy atom. The molecular formula is C22H28N4O5S. The van der Waals surface area contributed by atoms with E-state index in [1.54, 1.807) is 25.0 Å². The first-order valence-corrected chi connectivity index (χ1v) is 12.1. The number of hydrogen-bond acceptors (Lipinski definition) is 6. The second-order valence-electron chi connectivity index (χ2n) is 8.15. The minimum absolute atomic E-state index is 0.0830. The van der Waals surface area contributed by atoms with E-state index in [4.69, 9.17) is 8.94 Å². The highest BCUT2D eigenvalue weighted by Crippen LogP contribution is 2.25. The quantitative estimate of drug-likeness (QED) is 0.580. The van der Waals surface area contributed by atoms with Crippen LogP contribution in [0, 0.1) is 27.7 Å². The lowest BCUT2D eigenvalue weighted by molar-refractivity contribution is 0.0763. The standard InChI is InChI=1S/C22H28N4O5S/c1-15-13-20(17(3)26(15)14-19-7-5-12-30-19)22(27)24-8-6-9-25(11-10-24)32(28,29)21-16(2)23-31-18(21)4/h5,7,12-13H,6,8-11,14H2,1-4H3. The Bertz CT molecular complexity index is 1200. The van der Waals surface area contributed by atoms with Gasteiger partial charge < -0.3 is 18.4 Å². The highest BCUT2D eigenvalue weighted by Gasteiger charge is 2.33. The van der Waals surface area contributed by atoms with Crippen molar-refractivity contribution >= 4 is 15.9 Å². The van der Waals surface area contributed by atoms with Gasteiger partial charge in [0.05, 0.1) is 18.4 Å². The zero-order valence-electron chi connectivity index (χ0n) is 18.8. The van der Waals surface area contributed by atoms with E-state index in [1.165, 1.54) is 4.31 Å². The van der Waals surface area contributed by atoms with Gasteiger partial charge in [-0.2, -0.15) is 4.31 Å². The number of rotatable bonds is 5. The highest BCUT2D eigenvalue weighted by atomic mass is 32.2. The molecule has 0 N–H and O–H groups in total. The smallest absolute Gasteiger partial charge is 0.255 e. The Hall–Kier alpha value is -2.85. The van der Waals surface area contributed by atoms with E-state index in [-0.39, 0.29) is 23.1 Å². The molecule has 9 nitrogen and oxygen atoms in total. The average Bonchev–Trinajstić information content (AvgIpc) is 3.38. The van der Waals surface area contributed by atoms with Crippen molar-refractivity contribution in [3.63, 3.8) is 0 Å². The summed E-state index contributed by atoms with van der Waals surface area (Å²) < 4.78 is 40.3. The van der Waals surface area contributed by atoms with Crippen molar-refractivity contribution in [3.05, 3.63) is 58.6 Å². The fourth-order valence-electron chi connectivity index (χ4n) is 4.30. The third kappa shape index (κ3) is 4.00. The van der Waals surface area contributed by atoms with E-state index in [2.05, 4.69) is 9.72 Å². The summed E-state index contributed by atoms with van der Waals surface area (Å²) >= 11 is 0. The molecule has 1 aliphatic heterocycles. The first-order chi connectivity index (χ1) is 15.2. The van der Waals surface area contributed by atoms with Crippen LogP contribution in [0.5, 0.6) is 0 Å². The number of carbonyl (C=O) groups excluding carboxylic acids is 1. The molecule has 0 spiro atoms. The zero-order chi connectivity index (χ0) is 23.0. The maximum atomic E-state index is 13.3. The average molecular weight is 461 g/mol. The van der Waals surface area contributed by atoms with Crippen molar-refractivity contribution in [2.24, 2.45) is 0 Å². The van der Waals surface area contributed by atoms with Gasteiger partial charge >= 0.3 is 0 Å². The summed E-state index contributed by atoms with van der Waals surface area (Å²) in [6, 6.07) is 5.64. The van der Waals surface area contributed by atoms with Crippen LogP contribution in [0.1, 0.15) is 45.4 Å². The molecular weight excluding hydrogens is 432 g/mol. The van der Waals surface area contributed by atoms with E-state index in [9.17, 15) is 13.2 Å². The molecule has 0 radical (unpaired) electrons. The second-order valence-corrected chi connectivity index (χ2v) is 10.0. The molecule has 0 saturated carbocycles. The monoisotopic (exact) mass is 460 g/mol. The molecule has 172 valence electrons. The minimum Gasteiger partial charge on any atom is -0.467 e. The zero-order valence-corrected chi connectivity index (χ0v) is 19.6. The number of furan rings is 1. The molecule has 1 saturated heterocycles. The van der Waals surface area contributed by atoms with Crippen LogP contribution in [0.2, 0.25) is 0 Å². The number of amides is 1. The van der Waals surface area contributed by atoms with E-state index in [0.717, 1.165) is 17.1 Å². The van der Waals surface area contributed by atoms with E-state index in [1.807, 2.05) is 32.0 Å². The molecule has 3 aromatic rings. The van der Waals surface area contributed by atoms with Gasteiger partial charge in [0.2, 0.25) is 10.0 Å². The molecule has 0 atom stereocenters. The number of sulfonamides is 1. The van der Waals surface area contributed by atoms with E-state index < -0.39 is 10.0 Å². The summed E-state index contributed by atoms with van der Waals surface area (Å²) in [6.45, 7) is 9.05. The lowest BCUT2D eigenvalue weighted by Gasteiger charge is -2.22. The Morgan fingerprint density at radius 1 is 1.12 bits per heavy atom. The molecule has 0 bridgehead atoms. The van der Waals surface area contributed by atoms with Crippen LogP contribution in [-0.2, 0) is 16.6 Å². The summed E-state index contributed by atoms with van der Waals surface area (Å²) in [4.78, 5) is 15.2. The van der Waals surface area contributed by atoms with Crippen LogP contribution in [0.15, 0.2) is 38.3 Å². The number of carbonyl (C=O) groups is 1. The summed E-state index contributed by atoms with van der Waals surface area (Å²) in [5, 5.41) is 3.78. The second kappa shape index (κ2) is 8.59. The van der Waals surface area contributed by atoms with Gasteiger partial charge in [-0.05, 0) is 52.3 Å². The molecule has 1 amide bonds. The Balaban J connectivity index is 1.51. The largest absolute Gasteiger partial charge is 0.467 e. The molecule has 10 heteroatoms. The van der Waals surface area contributed by atoms with Gasteiger partial charge in [0.1, 0.15) is 16.3 Å². The van der Waals surface area contributed by atoms with Gasteiger partial charge in [-0.3, -0.25) is 4.79 Å².